The van der Waals surface area contributed by atoms with Gasteiger partial charge in [0.05, 0.1) is 5.69 Å². The summed E-state index contributed by atoms with van der Waals surface area (Å²) in [4.78, 5) is 23.6. The number of halogens is 1. The molecule has 0 fully saturated rings. The lowest BCUT2D eigenvalue weighted by atomic mass is 10.1. The second kappa shape index (κ2) is 8.47. The zero-order valence-electron chi connectivity index (χ0n) is 17.1. The molecule has 1 aliphatic rings. The number of benzene rings is 2. The van der Waals surface area contributed by atoms with E-state index >= 15 is 0 Å². The maximum Gasteiger partial charge on any atom is 0.253 e. The number of fused-ring (bicyclic) bond motifs is 1. The lowest BCUT2D eigenvalue weighted by molar-refractivity contribution is -0.114. The van der Waals surface area contributed by atoms with E-state index in [1.807, 2.05) is 47.1 Å². The van der Waals surface area contributed by atoms with E-state index in [0.717, 1.165) is 22.4 Å². The summed E-state index contributed by atoms with van der Waals surface area (Å²) in [6.45, 7) is 1.04. The summed E-state index contributed by atoms with van der Waals surface area (Å²) in [5.41, 5.74) is 7.37. The van der Waals surface area contributed by atoms with E-state index in [0.29, 0.717) is 24.7 Å². The minimum atomic E-state index is -0.316. The SMILES string of the molecule is O=C(C=Cc1ccccc1)N1CCNn2c1nc(-c1ccc(F)cc1)c2-c1ccncc1. The molecule has 1 aliphatic heterocycles. The van der Waals surface area contributed by atoms with E-state index in [1.54, 1.807) is 41.6 Å². The molecule has 32 heavy (non-hydrogen) atoms. The third kappa shape index (κ3) is 3.76. The van der Waals surface area contributed by atoms with Crippen LogP contribution in [0.5, 0.6) is 0 Å². The fourth-order valence-corrected chi connectivity index (χ4v) is 3.73. The van der Waals surface area contributed by atoms with E-state index in [9.17, 15) is 9.18 Å². The van der Waals surface area contributed by atoms with E-state index in [1.165, 1.54) is 12.1 Å². The molecule has 6 nitrogen and oxygen atoms in total. The molecule has 0 radical (unpaired) electrons. The molecule has 0 bridgehead atoms. The summed E-state index contributed by atoms with van der Waals surface area (Å²) >= 11 is 0. The van der Waals surface area contributed by atoms with Crippen molar-refractivity contribution in [3.63, 3.8) is 0 Å². The van der Waals surface area contributed by atoms with E-state index < -0.39 is 0 Å². The number of aromatic nitrogens is 3. The van der Waals surface area contributed by atoms with Gasteiger partial charge in [-0.1, -0.05) is 30.3 Å². The van der Waals surface area contributed by atoms with Crippen LogP contribution in [0.25, 0.3) is 28.6 Å². The Labute approximate surface area is 184 Å². The smallest absolute Gasteiger partial charge is 0.253 e. The molecule has 0 aliphatic carbocycles. The van der Waals surface area contributed by atoms with Gasteiger partial charge >= 0.3 is 0 Å². The predicted octanol–water partition coefficient (Wildman–Crippen LogP) is 4.35. The van der Waals surface area contributed by atoms with Gasteiger partial charge in [0.15, 0.2) is 0 Å². The number of hydrogen-bond donors (Lipinski definition) is 1. The molecule has 5 rings (SSSR count). The first-order valence-corrected chi connectivity index (χ1v) is 10.3. The normalized spacial score (nSPS) is 13.1. The molecule has 7 heteroatoms. The maximum absolute atomic E-state index is 13.5. The summed E-state index contributed by atoms with van der Waals surface area (Å²) < 4.78 is 15.4. The molecule has 0 atom stereocenters. The van der Waals surface area contributed by atoms with Crippen LogP contribution in [0.2, 0.25) is 0 Å². The average Bonchev–Trinajstić information content (AvgIpc) is 3.24. The van der Waals surface area contributed by atoms with Crippen LogP contribution in [-0.4, -0.2) is 33.6 Å². The Kier molecular flexibility index (Phi) is 5.21. The van der Waals surface area contributed by atoms with E-state index in [2.05, 4.69) is 10.4 Å². The van der Waals surface area contributed by atoms with Gasteiger partial charge in [-0.25, -0.2) is 14.1 Å². The number of anilines is 1. The number of carbonyl (C=O) groups excluding carboxylic acids is 1. The first-order chi connectivity index (χ1) is 15.7. The Hall–Kier alpha value is -4.26. The van der Waals surface area contributed by atoms with Crippen LogP contribution in [0.1, 0.15) is 5.56 Å². The highest BCUT2D eigenvalue weighted by atomic mass is 19.1. The van der Waals surface area contributed by atoms with Gasteiger partial charge in [0.2, 0.25) is 5.95 Å². The number of pyridine rings is 1. The quantitative estimate of drug-likeness (QED) is 0.494. The highest BCUT2D eigenvalue weighted by Gasteiger charge is 2.29. The van der Waals surface area contributed by atoms with Gasteiger partial charge < -0.3 is 5.43 Å². The summed E-state index contributed by atoms with van der Waals surface area (Å²) in [7, 11) is 0. The number of rotatable bonds is 4. The molecule has 1 amide bonds. The Morgan fingerprint density at radius 1 is 0.969 bits per heavy atom. The van der Waals surface area contributed by atoms with Gasteiger partial charge in [0.25, 0.3) is 5.91 Å². The molecular formula is C25H20FN5O. The number of hydrogen-bond acceptors (Lipinski definition) is 4. The summed E-state index contributed by atoms with van der Waals surface area (Å²) in [6.07, 6.45) is 6.77. The third-order valence-electron chi connectivity index (χ3n) is 5.26. The fraction of sp³-hybridized carbons (Fsp3) is 0.0800. The van der Waals surface area contributed by atoms with Crippen LogP contribution >= 0.6 is 0 Å². The summed E-state index contributed by atoms with van der Waals surface area (Å²) in [5.74, 6) is 0.0165. The van der Waals surface area contributed by atoms with Crippen LogP contribution in [0.3, 0.4) is 0 Å². The second-order valence-electron chi connectivity index (χ2n) is 7.33. The zero-order chi connectivity index (χ0) is 21.9. The molecule has 2 aromatic carbocycles. The van der Waals surface area contributed by atoms with E-state index in [4.69, 9.17) is 4.98 Å². The van der Waals surface area contributed by atoms with Gasteiger partial charge in [-0.05, 0) is 48.0 Å². The molecule has 4 aromatic rings. The molecule has 0 spiro atoms. The van der Waals surface area contributed by atoms with Crippen molar-refractivity contribution in [3.8, 4) is 22.5 Å². The van der Waals surface area contributed by atoms with Crippen LogP contribution in [0, 0.1) is 5.82 Å². The van der Waals surface area contributed by atoms with Crippen LogP contribution in [0.4, 0.5) is 10.3 Å². The average molecular weight is 425 g/mol. The standard InChI is InChI=1S/C25H20FN5O/c26-21-9-7-19(8-10-21)23-24(20-12-14-27-15-13-20)31-25(29-23)30(17-16-28-31)22(32)11-6-18-4-2-1-3-5-18/h1-15,28H,16-17H2. The number of imidazole rings is 1. The minimum absolute atomic E-state index is 0.159. The first-order valence-electron chi connectivity index (χ1n) is 10.3. The highest BCUT2D eigenvalue weighted by molar-refractivity contribution is 6.03. The van der Waals surface area contributed by atoms with Gasteiger partial charge in [0.1, 0.15) is 11.5 Å². The second-order valence-corrected chi connectivity index (χ2v) is 7.33. The van der Waals surface area contributed by atoms with E-state index in [-0.39, 0.29) is 11.7 Å². The van der Waals surface area contributed by atoms with Crippen molar-refractivity contribution < 1.29 is 9.18 Å². The number of nitrogens with zero attached hydrogens (tertiary/aromatic N) is 4. The predicted molar refractivity (Wildman–Crippen MR) is 123 cm³/mol. The van der Waals surface area contributed by atoms with Crippen LogP contribution in [-0.2, 0) is 4.79 Å². The lowest BCUT2D eigenvalue weighted by Crippen LogP contribution is -2.43. The molecule has 1 N–H and O–H groups in total. The highest BCUT2D eigenvalue weighted by Crippen LogP contribution is 2.36. The largest absolute Gasteiger partial charge is 0.321 e. The van der Waals surface area contributed by atoms with Crippen LogP contribution in [0.15, 0.2) is 85.2 Å². The minimum Gasteiger partial charge on any atom is -0.321 e. The maximum atomic E-state index is 13.5. The monoisotopic (exact) mass is 425 g/mol. The molecule has 158 valence electrons. The molecule has 0 saturated heterocycles. The van der Waals surface area contributed by atoms with Gasteiger partial charge in [0, 0.05) is 42.7 Å². The Balaban J connectivity index is 1.59. The third-order valence-corrected chi connectivity index (χ3v) is 5.26. The van der Waals surface area contributed by atoms with Crippen molar-refractivity contribution in [2.45, 2.75) is 0 Å². The topological polar surface area (TPSA) is 63.1 Å². The number of carbonyl (C=O) groups is 1. The van der Waals surface area contributed by atoms with Gasteiger partial charge in [-0.15, -0.1) is 0 Å². The molecule has 2 aromatic heterocycles. The summed E-state index contributed by atoms with van der Waals surface area (Å²) in [6, 6.07) is 19.6. The van der Waals surface area contributed by atoms with Crippen molar-refractivity contribution in [1.82, 2.24) is 14.6 Å². The van der Waals surface area contributed by atoms with Crippen molar-refractivity contribution in [1.29, 1.82) is 0 Å². The molecule has 3 heterocycles. The number of nitrogens with one attached hydrogen (secondary N) is 1. The first kappa shape index (κ1) is 19.7. The zero-order valence-corrected chi connectivity index (χ0v) is 17.1. The number of amides is 1. The molecule has 0 saturated carbocycles. The van der Waals surface area contributed by atoms with Crippen LogP contribution < -0.4 is 10.3 Å². The summed E-state index contributed by atoms with van der Waals surface area (Å²) in [5, 5.41) is 0. The fourth-order valence-electron chi connectivity index (χ4n) is 3.73. The van der Waals surface area contributed by atoms with Crippen molar-refractivity contribution >= 4 is 17.9 Å². The molecular weight excluding hydrogens is 405 g/mol. The van der Waals surface area contributed by atoms with Crippen molar-refractivity contribution in [3.05, 3.63) is 96.6 Å². The lowest BCUT2D eigenvalue weighted by Gasteiger charge is -2.28. The Morgan fingerprint density at radius 2 is 1.72 bits per heavy atom. The Bertz CT molecular complexity index is 1270. The Morgan fingerprint density at radius 3 is 2.47 bits per heavy atom. The van der Waals surface area contributed by atoms with Gasteiger partial charge in [-0.3, -0.25) is 14.7 Å². The molecule has 0 unspecified atom stereocenters. The van der Waals surface area contributed by atoms with Crippen molar-refractivity contribution in [2.24, 2.45) is 0 Å². The van der Waals surface area contributed by atoms with Crippen molar-refractivity contribution in [2.75, 3.05) is 23.4 Å². The van der Waals surface area contributed by atoms with Gasteiger partial charge in [-0.2, -0.15) is 0 Å².